The van der Waals surface area contributed by atoms with Crippen LogP contribution in [0.1, 0.15) is 67.6 Å². The fourth-order valence-corrected chi connectivity index (χ4v) is 5.03. The minimum Gasteiger partial charge on any atom is -0.322 e. The Hall–Kier alpha value is -2.55. The lowest BCUT2D eigenvalue weighted by Gasteiger charge is -2.26. The maximum Gasteiger partial charge on any atom is 0.255 e. The molecule has 2 aromatic rings. The Morgan fingerprint density at radius 1 is 1.16 bits per heavy atom. The first-order valence-electron chi connectivity index (χ1n) is 11.5. The van der Waals surface area contributed by atoms with Crippen molar-refractivity contribution < 1.29 is 4.79 Å². The van der Waals surface area contributed by atoms with E-state index in [0.717, 1.165) is 41.8 Å². The molecule has 0 fully saturated rings. The van der Waals surface area contributed by atoms with Gasteiger partial charge in [0, 0.05) is 23.5 Å². The second kappa shape index (κ2) is 11.9. The summed E-state index contributed by atoms with van der Waals surface area (Å²) in [6, 6.07) is 15.8. The molecule has 0 aliphatic carbocycles. The van der Waals surface area contributed by atoms with E-state index in [4.69, 9.17) is 4.99 Å². The molecule has 32 heavy (non-hydrogen) atoms. The van der Waals surface area contributed by atoms with Gasteiger partial charge in [-0.2, -0.15) is 0 Å². The van der Waals surface area contributed by atoms with Crippen LogP contribution in [-0.4, -0.2) is 17.9 Å². The van der Waals surface area contributed by atoms with Crippen molar-refractivity contribution in [1.29, 1.82) is 0 Å². The molecule has 0 spiro atoms. The third kappa shape index (κ3) is 6.72. The molecule has 2 N–H and O–H groups in total. The van der Waals surface area contributed by atoms with Gasteiger partial charge in [0.2, 0.25) is 0 Å². The molecular weight excluding hydrogens is 413 g/mol. The van der Waals surface area contributed by atoms with Crippen LogP contribution in [0, 0.1) is 6.92 Å². The minimum absolute atomic E-state index is 0.0895. The Kier molecular flexibility index (Phi) is 8.96. The first kappa shape index (κ1) is 24.1. The van der Waals surface area contributed by atoms with Crippen molar-refractivity contribution in [3.05, 3.63) is 88.4 Å². The van der Waals surface area contributed by atoms with Crippen molar-refractivity contribution >= 4 is 26.4 Å². The average molecular weight is 448 g/mol. The molecule has 0 radical (unpaired) electrons. The van der Waals surface area contributed by atoms with E-state index >= 15 is 0 Å². The van der Waals surface area contributed by atoms with Crippen LogP contribution in [0.3, 0.4) is 0 Å². The molecule has 3 rings (SSSR count). The van der Waals surface area contributed by atoms with Crippen LogP contribution in [0.4, 0.5) is 5.69 Å². The number of carbonyl (C=O) groups is 1. The fraction of sp³-hybridized carbons (Fsp3) is 0.333. The van der Waals surface area contributed by atoms with E-state index in [-0.39, 0.29) is 17.7 Å². The molecule has 5 heteroatoms. The summed E-state index contributed by atoms with van der Waals surface area (Å²) in [5, 5.41) is 8.09. The lowest BCUT2D eigenvalue weighted by molar-refractivity contribution is 0.102. The third-order valence-electron chi connectivity index (χ3n) is 5.34. The van der Waals surface area contributed by atoms with E-state index in [1.165, 1.54) is 5.31 Å². The number of aliphatic imine (C=N–C) groups is 1. The van der Waals surface area contributed by atoms with Gasteiger partial charge in [-0.05, 0) is 61.8 Å². The summed E-state index contributed by atoms with van der Waals surface area (Å²) in [7, 11) is 0.658. The van der Waals surface area contributed by atoms with Crippen molar-refractivity contribution in [2.24, 2.45) is 4.99 Å². The number of rotatable bonds is 8. The number of carbonyl (C=O) groups excluding carboxylic acids is 1. The summed E-state index contributed by atoms with van der Waals surface area (Å²) in [4.78, 5) is 17.4. The zero-order chi connectivity index (χ0) is 22.9. The second-order valence-corrected chi connectivity index (χ2v) is 9.59. The monoisotopic (exact) mass is 447 g/mol. The predicted molar refractivity (Wildman–Crippen MR) is 139 cm³/mol. The first-order chi connectivity index (χ1) is 15.5. The van der Waals surface area contributed by atoms with Crippen molar-refractivity contribution in [3.8, 4) is 0 Å². The van der Waals surface area contributed by atoms with Crippen LogP contribution >= 0.6 is 8.58 Å². The summed E-state index contributed by atoms with van der Waals surface area (Å²) in [6.45, 7) is 8.51. The highest BCUT2D eigenvalue weighted by Gasteiger charge is 2.19. The smallest absolute Gasteiger partial charge is 0.255 e. The molecule has 1 aliphatic rings. The van der Waals surface area contributed by atoms with E-state index in [0.29, 0.717) is 14.1 Å². The van der Waals surface area contributed by atoms with Gasteiger partial charge >= 0.3 is 0 Å². The van der Waals surface area contributed by atoms with Crippen molar-refractivity contribution in [2.45, 2.75) is 58.8 Å². The highest BCUT2D eigenvalue weighted by molar-refractivity contribution is 7.45. The lowest BCUT2D eigenvalue weighted by Crippen LogP contribution is -2.30. The fourth-order valence-electron chi connectivity index (χ4n) is 3.64. The van der Waals surface area contributed by atoms with E-state index in [9.17, 15) is 4.79 Å². The molecule has 1 amide bonds. The number of benzene rings is 2. The Balaban J connectivity index is 1.68. The standard InChI is InChI=1S/C27H34N3OP/c1-5-7-15-25-24(10-6-2)28-18-26(32-25)29-20(4)21-12-9-14-23(17-21)30-27(31)22-13-8-11-19(3)16-22/h8-18,20,26,29,32H,5-7H2,1-4H3,(H,30,31)/b24-10+,25-15-. The van der Waals surface area contributed by atoms with E-state index < -0.39 is 0 Å². The number of aryl methyl sites for hydroxylation is 1. The van der Waals surface area contributed by atoms with Gasteiger partial charge in [-0.3, -0.25) is 15.1 Å². The molecule has 0 saturated heterocycles. The van der Waals surface area contributed by atoms with Crippen molar-refractivity contribution in [2.75, 3.05) is 5.32 Å². The zero-order valence-corrected chi connectivity index (χ0v) is 20.5. The number of unbranched alkanes of at least 4 members (excludes halogenated alkanes) is 1. The maximum absolute atomic E-state index is 12.6. The highest BCUT2D eigenvalue weighted by Crippen LogP contribution is 2.39. The van der Waals surface area contributed by atoms with Gasteiger partial charge in [-0.25, -0.2) is 0 Å². The Morgan fingerprint density at radius 2 is 1.97 bits per heavy atom. The van der Waals surface area contributed by atoms with Gasteiger partial charge in [0.15, 0.2) is 0 Å². The summed E-state index contributed by atoms with van der Waals surface area (Å²) >= 11 is 0. The Bertz CT molecular complexity index is 1030. The molecule has 168 valence electrons. The maximum atomic E-state index is 12.6. The predicted octanol–water partition coefficient (Wildman–Crippen LogP) is 6.96. The quantitative estimate of drug-likeness (QED) is 0.430. The molecule has 4 nitrogen and oxygen atoms in total. The van der Waals surface area contributed by atoms with Crippen LogP contribution < -0.4 is 10.6 Å². The minimum atomic E-state index is -0.0895. The number of nitrogens with one attached hydrogen (secondary N) is 2. The molecular formula is C27H34N3OP. The molecule has 3 unspecified atom stereocenters. The van der Waals surface area contributed by atoms with E-state index in [1.54, 1.807) is 0 Å². The normalized spacial score (nSPS) is 20.1. The highest BCUT2D eigenvalue weighted by atomic mass is 31.1. The zero-order valence-electron chi connectivity index (χ0n) is 19.5. The number of hydrogen-bond acceptors (Lipinski definition) is 3. The van der Waals surface area contributed by atoms with Crippen LogP contribution in [-0.2, 0) is 0 Å². The molecule has 3 atom stereocenters. The number of anilines is 1. The summed E-state index contributed by atoms with van der Waals surface area (Å²) < 4.78 is 0. The summed E-state index contributed by atoms with van der Waals surface area (Å²) in [5.74, 6) is 0.126. The van der Waals surface area contributed by atoms with Crippen molar-refractivity contribution in [3.63, 3.8) is 0 Å². The Morgan fingerprint density at radius 3 is 2.72 bits per heavy atom. The van der Waals surface area contributed by atoms with Gasteiger partial charge in [-0.15, -0.1) is 0 Å². The largest absolute Gasteiger partial charge is 0.322 e. The van der Waals surface area contributed by atoms with Gasteiger partial charge in [0.25, 0.3) is 5.91 Å². The van der Waals surface area contributed by atoms with Crippen LogP contribution in [0.25, 0.3) is 0 Å². The number of allylic oxidation sites excluding steroid dienone is 3. The molecule has 2 aromatic carbocycles. The molecule has 0 bridgehead atoms. The number of amides is 1. The van der Waals surface area contributed by atoms with Crippen LogP contribution in [0.2, 0.25) is 0 Å². The number of hydrogen-bond donors (Lipinski definition) is 2. The van der Waals surface area contributed by atoms with Gasteiger partial charge in [0.1, 0.15) is 0 Å². The lowest BCUT2D eigenvalue weighted by atomic mass is 10.1. The topological polar surface area (TPSA) is 53.5 Å². The SMILES string of the molecule is CC/C=C1/N=CC(NC(C)c2cccc(NC(=O)c3cccc(C)c3)c2)P/C1=C\CCC. The summed E-state index contributed by atoms with van der Waals surface area (Å²) in [6.07, 6.45) is 9.83. The second-order valence-electron chi connectivity index (χ2n) is 8.14. The first-order valence-corrected chi connectivity index (χ1v) is 12.5. The molecule has 1 heterocycles. The van der Waals surface area contributed by atoms with Crippen LogP contribution in [0.15, 0.2) is 76.7 Å². The Labute approximate surface area is 194 Å². The van der Waals surface area contributed by atoms with Crippen LogP contribution in [0.5, 0.6) is 0 Å². The van der Waals surface area contributed by atoms with E-state index in [2.05, 4.69) is 49.6 Å². The van der Waals surface area contributed by atoms with Gasteiger partial charge < -0.3 is 5.32 Å². The van der Waals surface area contributed by atoms with E-state index in [1.807, 2.05) is 55.6 Å². The summed E-state index contributed by atoms with van der Waals surface area (Å²) in [5.41, 5.74) is 4.82. The van der Waals surface area contributed by atoms with Gasteiger partial charge in [-0.1, -0.05) is 70.8 Å². The van der Waals surface area contributed by atoms with Crippen molar-refractivity contribution in [1.82, 2.24) is 5.32 Å². The van der Waals surface area contributed by atoms with Gasteiger partial charge in [0.05, 0.1) is 11.5 Å². The molecule has 0 aromatic heterocycles. The molecule has 0 saturated carbocycles. The molecule has 1 aliphatic heterocycles. The third-order valence-corrected chi connectivity index (χ3v) is 6.74. The average Bonchev–Trinajstić information content (AvgIpc) is 2.79. The number of nitrogens with zero attached hydrogens (tertiary/aromatic N) is 1.